The lowest BCUT2D eigenvalue weighted by atomic mass is 10.1. The first kappa shape index (κ1) is 31.7. The summed E-state index contributed by atoms with van der Waals surface area (Å²) in [5.74, 6) is 0.883. The molecule has 9 nitrogen and oxygen atoms in total. The van der Waals surface area contributed by atoms with Crippen LogP contribution in [-0.2, 0) is 18.5 Å². The van der Waals surface area contributed by atoms with E-state index in [1.165, 1.54) is 38.1 Å². The van der Waals surface area contributed by atoms with Crippen molar-refractivity contribution in [1.29, 1.82) is 5.41 Å². The summed E-state index contributed by atoms with van der Waals surface area (Å²) in [6.07, 6.45) is -0.931. The molecule has 47 heavy (non-hydrogen) atoms. The third kappa shape index (κ3) is 6.80. The Morgan fingerprint density at radius 2 is 1.77 bits per heavy atom. The van der Waals surface area contributed by atoms with E-state index in [0.29, 0.717) is 44.6 Å². The quantitative estimate of drug-likeness (QED) is 0.110. The van der Waals surface area contributed by atoms with Crippen molar-refractivity contribution < 1.29 is 27.4 Å². The second kappa shape index (κ2) is 13.2. The highest BCUT2D eigenvalue weighted by Crippen LogP contribution is 2.33. The summed E-state index contributed by atoms with van der Waals surface area (Å²) < 4.78 is 51.7. The molecule has 0 atom stereocenters. The summed E-state index contributed by atoms with van der Waals surface area (Å²) >= 11 is 1.28. The fraction of sp³-hybridized carbons (Fsp3) is 0.176. The van der Waals surface area contributed by atoms with Crippen molar-refractivity contribution in [3.63, 3.8) is 0 Å². The molecule has 0 bridgehead atoms. The first-order valence-electron chi connectivity index (χ1n) is 14.5. The highest BCUT2D eigenvalue weighted by atomic mass is 32.2. The largest absolute Gasteiger partial charge is 0.493 e. The van der Waals surface area contributed by atoms with E-state index >= 15 is 0 Å². The van der Waals surface area contributed by atoms with Gasteiger partial charge in [-0.3, -0.25) is 15.2 Å². The number of H-pyrrole nitrogens is 1. The highest BCUT2D eigenvalue weighted by Gasteiger charge is 2.30. The number of hydrogen-bond donors (Lipinski definition) is 3. The molecule has 6 rings (SSSR count). The van der Waals surface area contributed by atoms with E-state index in [4.69, 9.17) is 19.9 Å². The van der Waals surface area contributed by atoms with E-state index in [-0.39, 0.29) is 24.5 Å². The molecule has 0 radical (unpaired) electrons. The molecule has 3 aromatic heterocycles. The summed E-state index contributed by atoms with van der Waals surface area (Å²) in [6, 6.07) is 19.8. The maximum atomic E-state index is 13.2. The molecular formula is C34H29F3N6O3S. The summed E-state index contributed by atoms with van der Waals surface area (Å²) in [7, 11) is 3.01. The number of ether oxygens (including phenoxy) is 2. The van der Waals surface area contributed by atoms with Gasteiger partial charge in [0.2, 0.25) is 0 Å². The molecule has 0 saturated carbocycles. The Morgan fingerprint density at radius 3 is 2.47 bits per heavy atom. The number of nitrogens with zero attached hydrogens (tertiary/aromatic N) is 3. The smallest absolute Gasteiger partial charge is 0.416 e. The van der Waals surface area contributed by atoms with Gasteiger partial charge in [-0.2, -0.15) is 13.2 Å². The molecule has 0 fully saturated rings. The van der Waals surface area contributed by atoms with Gasteiger partial charge in [0.05, 0.1) is 25.3 Å². The number of aromatic amines is 1. The molecule has 1 amide bonds. The van der Waals surface area contributed by atoms with Crippen LogP contribution >= 0.6 is 11.8 Å². The first-order chi connectivity index (χ1) is 22.6. The number of benzene rings is 3. The van der Waals surface area contributed by atoms with Crippen LogP contribution in [-0.4, -0.2) is 46.2 Å². The van der Waals surface area contributed by atoms with Crippen molar-refractivity contribution in [2.45, 2.75) is 23.6 Å². The number of methoxy groups -OCH3 is 2. The zero-order valence-corrected chi connectivity index (χ0v) is 26.1. The molecule has 3 aromatic carbocycles. The fourth-order valence-corrected chi connectivity index (χ4v) is 6.14. The average molecular weight is 659 g/mol. The van der Waals surface area contributed by atoms with Crippen LogP contribution in [0.3, 0.4) is 0 Å². The van der Waals surface area contributed by atoms with Gasteiger partial charge in [-0.15, -0.1) is 0 Å². The number of halogens is 3. The number of thioether (sulfide) groups is 1. The topological polar surface area (TPSA) is 118 Å². The van der Waals surface area contributed by atoms with E-state index < -0.39 is 11.7 Å². The molecule has 0 saturated heterocycles. The lowest BCUT2D eigenvalue weighted by Crippen LogP contribution is -2.32. The Hall–Kier alpha value is -5.30. The van der Waals surface area contributed by atoms with Gasteiger partial charge in [-0.05, 0) is 47.5 Å². The van der Waals surface area contributed by atoms with Gasteiger partial charge in [-0.1, -0.05) is 42.1 Å². The van der Waals surface area contributed by atoms with Gasteiger partial charge in [0.1, 0.15) is 11.2 Å². The molecule has 0 aliphatic rings. The molecule has 0 spiro atoms. The standard InChI is InChI=1S/C34H29F3N6O3S/c1-45-29-16-25-27(17-30(29)46-2)42-33(47-19-20-5-9-24(10-6-20)34(35,36)37)43(31(25)38)13-12-40-32(44)28-15-22-8-7-21(14-26(22)41-28)23-4-3-11-39-18-23/h3-11,14-18,38,41H,12-13,19H2,1-2H3,(H,40,44). The summed E-state index contributed by atoms with van der Waals surface area (Å²) in [5, 5.41) is 13.8. The van der Waals surface area contributed by atoms with Gasteiger partial charge in [0.25, 0.3) is 5.91 Å². The Balaban J connectivity index is 1.23. The SMILES string of the molecule is COc1cc2nc(SCc3ccc(C(F)(F)F)cc3)n(CCNC(=O)c3cc4ccc(-c5cccnc5)cc4[nH]3)c(=N)c2cc1OC. The molecular weight excluding hydrogens is 629 g/mol. The summed E-state index contributed by atoms with van der Waals surface area (Å²) in [5.41, 5.74) is 3.70. The van der Waals surface area contributed by atoms with Gasteiger partial charge in [0.15, 0.2) is 16.7 Å². The molecule has 0 aliphatic heterocycles. The number of amides is 1. The lowest BCUT2D eigenvalue weighted by molar-refractivity contribution is -0.137. The van der Waals surface area contributed by atoms with Gasteiger partial charge in [-0.25, -0.2) is 4.98 Å². The van der Waals surface area contributed by atoms with Crippen LogP contribution in [0.5, 0.6) is 11.5 Å². The van der Waals surface area contributed by atoms with E-state index in [1.54, 1.807) is 35.2 Å². The Kier molecular flexibility index (Phi) is 8.90. The number of alkyl halides is 3. The van der Waals surface area contributed by atoms with E-state index in [2.05, 4.69) is 15.3 Å². The first-order valence-corrected chi connectivity index (χ1v) is 15.4. The molecule has 0 aliphatic carbocycles. The lowest BCUT2D eigenvalue weighted by Gasteiger charge is -2.16. The predicted molar refractivity (Wildman–Crippen MR) is 174 cm³/mol. The number of pyridine rings is 1. The van der Waals surface area contributed by atoms with Crippen molar-refractivity contribution >= 4 is 39.5 Å². The number of hydrogen-bond acceptors (Lipinski definition) is 7. The van der Waals surface area contributed by atoms with Crippen LogP contribution < -0.4 is 20.3 Å². The Morgan fingerprint density at radius 1 is 1.00 bits per heavy atom. The second-order valence-corrected chi connectivity index (χ2v) is 11.5. The molecule has 3 N–H and O–H groups in total. The Bertz CT molecular complexity index is 2130. The fourth-order valence-electron chi connectivity index (χ4n) is 5.15. The maximum Gasteiger partial charge on any atom is 0.416 e. The van der Waals surface area contributed by atoms with E-state index in [9.17, 15) is 18.0 Å². The van der Waals surface area contributed by atoms with Crippen LogP contribution in [0, 0.1) is 5.41 Å². The zero-order chi connectivity index (χ0) is 33.1. The maximum absolute atomic E-state index is 13.2. The highest BCUT2D eigenvalue weighted by molar-refractivity contribution is 7.98. The number of carbonyl (C=O) groups excluding carboxylic acids is 1. The Labute approximate surface area is 271 Å². The molecule has 6 aromatic rings. The van der Waals surface area contributed by atoms with Crippen LogP contribution in [0.2, 0.25) is 0 Å². The minimum atomic E-state index is -4.42. The van der Waals surface area contributed by atoms with Crippen LogP contribution in [0.1, 0.15) is 21.6 Å². The molecule has 240 valence electrons. The number of nitrogens with one attached hydrogen (secondary N) is 3. The van der Waals surface area contributed by atoms with Crippen molar-refractivity contribution in [1.82, 2.24) is 24.8 Å². The van der Waals surface area contributed by atoms with Crippen LogP contribution in [0.25, 0.3) is 32.9 Å². The normalized spacial score (nSPS) is 11.6. The number of rotatable bonds is 10. The van der Waals surface area contributed by atoms with Gasteiger partial charge >= 0.3 is 6.18 Å². The monoisotopic (exact) mass is 658 g/mol. The van der Waals surface area contributed by atoms with Crippen LogP contribution in [0.4, 0.5) is 13.2 Å². The van der Waals surface area contributed by atoms with E-state index in [1.807, 2.05) is 30.3 Å². The van der Waals surface area contributed by atoms with Crippen molar-refractivity contribution in [3.8, 4) is 22.6 Å². The number of aromatic nitrogens is 4. The third-order valence-corrected chi connectivity index (χ3v) is 8.65. The van der Waals surface area contributed by atoms with E-state index in [0.717, 1.165) is 34.2 Å². The predicted octanol–water partition coefficient (Wildman–Crippen LogP) is 6.82. The second-order valence-electron chi connectivity index (χ2n) is 10.6. The molecule has 3 heterocycles. The zero-order valence-electron chi connectivity index (χ0n) is 25.3. The summed E-state index contributed by atoms with van der Waals surface area (Å²) in [6.45, 7) is 0.391. The van der Waals surface area contributed by atoms with Gasteiger partial charge < -0.3 is 24.3 Å². The molecule has 13 heteroatoms. The average Bonchev–Trinajstić information content (AvgIpc) is 3.52. The minimum Gasteiger partial charge on any atom is -0.493 e. The number of carbonyl (C=O) groups is 1. The van der Waals surface area contributed by atoms with Crippen molar-refractivity contribution in [2.75, 3.05) is 20.8 Å². The number of fused-ring (bicyclic) bond motifs is 2. The summed E-state index contributed by atoms with van der Waals surface area (Å²) in [4.78, 5) is 25.3. The molecule has 0 unspecified atom stereocenters. The van der Waals surface area contributed by atoms with Crippen molar-refractivity contribution in [3.05, 3.63) is 107 Å². The van der Waals surface area contributed by atoms with Crippen LogP contribution in [0.15, 0.2) is 90.3 Å². The van der Waals surface area contributed by atoms with Crippen molar-refractivity contribution in [2.24, 2.45) is 0 Å². The third-order valence-electron chi connectivity index (χ3n) is 7.61. The van der Waals surface area contributed by atoms with Gasteiger partial charge in [0, 0.05) is 59.2 Å². The minimum absolute atomic E-state index is 0.133.